The number of nitrogens with zero attached hydrogens (tertiary/aromatic N) is 2. The van der Waals surface area contributed by atoms with E-state index in [1.165, 1.54) is 37.3 Å². The van der Waals surface area contributed by atoms with Crippen molar-refractivity contribution in [2.75, 3.05) is 31.7 Å². The lowest BCUT2D eigenvalue weighted by atomic mass is 10.1. The number of methoxy groups -OCH3 is 2. The zero-order chi connectivity index (χ0) is 32.7. The fourth-order valence-electron chi connectivity index (χ4n) is 4.35. The molecule has 0 bridgehead atoms. The molecular formula is C32H40ClN3O7S. The van der Waals surface area contributed by atoms with E-state index < -0.39 is 34.1 Å². The minimum atomic E-state index is -4.33. The maximum Gasteiger partial charge on any atom is 0.264 e. The van der Waals surface area contributed by atoms with E-state index in [1.54, 1.807) is 55.5 Å². The van der Waals surface area contributed by atoms with Crippen LogP contribution >= 0.6 is 11.6 Å². The molecule has 2 amide bonds. The highest BCUT2D eigenvalue weighted by Crippen LogP contribution is 2.33. The summed E-state index contributed by atoms with van der Waals surface area (Å²) in [7, 11) is -1.48. The molecule has 0 aliphatic rings. The third kappa shape index (κ3) is 8.79. The molecule has 3 aromatic rings. The third-order valence-electron chi connectivity index (χ3n) is 6.59. The summed E-state index contributed by atoms with van der Waals surface area (Å²) >= 11 is 6.07. The van der Waals surface area contributed by atoms with E-state index in [-0.39, 0.29) is 28.8 Å². The number of sulfonamides is 1. The van der Waals surface area contributed by atoms with Gasteiger partial charge in [-0.25, -0.2) is 8.42 Å². The molecule has 3 rings (SSSR count). The van der Waals surface area contributed by atoms with Gasteiger partial charge in [0.25, 0.3) is 10.0 Å². The SMILES string of the molecule is CCOc1ccc(N(CC(=O)N(Cc2ccc(Cl)cc2)[C@@H](C)C(=O)NC(C)(C)C)S(=O)(=O)c2ccc(OC)c(OC)c2)cc1. The number of anilines is 1. The van der Waals surface area contributed by atoms with E-state index in [0.717, 1.165) is 4.31 Å². The molecule has 12 heteroatoms. The average Bonchev–Trinajstić information content (AvgIpc) is 2.98. The van der Waals surface area contributed by atoms with Crippen LogP contribution < -0.4 is 23.8 Å². The summed E-state index contributed by atoms with van der Waals surface area (Å²) in [6.45, 7) is 8.85. The molecule has 0 aliphatic carbocycles. The standard InChI is InChI=1S/C32H40ClN3O7S/c1-8-43-26-15-13-25(14-16-26)36(44(39,40)27-17-18-28(41-6)29(19-27)42-7)21-30(37)35(20-23-9-11-24(33)12-10-23)22(2)31(38)34-32(3,4)5/h9-19,22H,8,20-21H2,1-7H3,(H,34,38)/t22-/m0/s1. The number of amides is 2. The van der Waals surface area contributed by atoms with Gasteiger partial charge in [0, 0.05) is 23.2 Å². The summed E-state index contributed by atoms with van der Waals surface area (Å²) < 4.78 is 45.5. The number of nitrogens with one attached hydrogen (secondary N) is 1. The van der Waals surface area contributed by atoms with E-state index in [9.17, 15) is 18.0 Å². The number of benzene rings is 3. The van der Waals surface area contributed by atoms with Crippen LogP contribution in [0.15, 0.2) is 71.6 Å². The molecule has 0 fully saturated rings. The van der Waals surface area contributed by atoms with Crippen molar-refractivity contribution in [3.8, 4) is 17.2 Å². The lowest BCUT2D eigenvalue weighted by Gasteiger charge is -2.33. The first kappa shape index (κ1) is 34.5. The van der Waals surface area contributed by atoms with Gasteiger partial charge in [-0.2, -0.15) is 0 Å². The van der Waals surface area contributed by atoms with E-state index >= 15 is 0 Å². The summed E-state index contributed by atoms with van der Waals surface area (Å²) in [6.07, 6.45) is 0. The number of carbonyl (C=O) groups excluding carboxylic acids is 2. The van der Waals surface area contributed by atoms with Crippen molar-refractivity contribution in [2.24, 2.45) is 0 Å². The number of hydrogen-bond acceptors (Lipinski definition) is 7. The molecule has 0 heterocycles. The third-order valence-corrected chi connectivity index (χ3v) is 8.61. The Morgan fingerprint density at radius 2 is 1.55 bits per heavy atom. The second-order valence-electron chi connectivity index (χ2n) is 11.0. The van der Waals surface area contributed by atoms with Crippen LogP contribution in [0.1, 0.15) is 40.2 Å². The molecule has 0 unspecified atom stereocenters. The first-order valence-electron chi connectivity index (χ1n) is 14.0. The number of halogens is 1. The molecule has 0 aromatic heterocycles. The smallest absolute Gasteiger partial charge is 0.264 e. The quantitative estimate of drug-likeness (QED) is 0.269. The first-order valence-corrected chi connectivity index (χ1v) is 15.9. The fraction of sp³-hybridized carbons (Fsp3) is 0.375. The van der Waals surface area contributed by atoms with Gasteiger partial charge in [0.05, 0.1) is 31.4 Å². The summed E-state index contributed by atoms with van der Waals surface area (Å²) in [5, 5.41) is 3.43. The molecule has 1 N–H and O–H groups in total. The van der Waals surface area contributed by atoms with Crippen molar-refractivity contribution in [1.29, 1.82) is 0 Å². The number of ether oxygens (including phenoxy) is 3. The topological polar surface area (TPSA) is 114 Å². The van der Waals surface area contributed by atoms with Crippen molar-refractivity contribution in [2.45, 2.75) is 57.6 Å². The van der Waals surface area contributed by atoms with Crippen molar-refractivity contribution >= 4 is 39.1 Å². The minimum Gasteiger partial charge on any atom is -0.494 e. The summed E-state index contributed by atoms with van der Waals surface area (Å²) in [5.41, 5.74) is 0.397. The second-order valence-corrected chi connectivity index (χ2v) is 13.3. The molecule has 0 saturated carbocycles. The van der Waals surface area contributed by atoms with Crippen molar-refractivity contribution in [1.82, 2.24) is 10.2 Å². The van der Waals surface area contributed by atoms with Crippen LogP contribution in [0.4, 0.5) is 5.69 Å². The predicted molar refractivity (Wildman–Crippen MR) is 171 cm³/mol. The molecule has 10 nitrogen and oxygen atoms in total. The Morgan fingerprint density at radius 3 is 2.09 bits per heavy atom. The highest BCUT2D eigenvalue weighted by atomic mass is 35.5. The lowest BCUT2D eigenvalue weighted by molar-refractivity contribution is -0.140. The molecule has 44 heavy (non-hydrogen) atoms. The van der Waals surface area contributed by atoms with E-state index in [1.807, 2.05) is 27.7 Å². The Hall–Kier alpha value is -3.96. The van der Waals surface area contributed by atoms with E-state index in [4.69, 9.17) is 25.8 Å². The number of hydrogen-bond donors (Lipinski definition) is 1. The summed E-state index contributed by atoms with van der Waals surface area (Å²) in [4.78, 5) is 28.6. The van der Waals surface area contributed by atoms with Crippen LogP contribution in [0.3, 0.4) is 0 Å². The molecule has 238 valence electrons. The van der Waals surface area contributed by atoms with Crippen LogP contribution in [0.5, 0.6) is 17.2 Å². The van der Waals surface area contributed by atoms with Gasteiger partial charge in [-0.1, -0.05) is 23.7 Å². The Kier molecular flexibility index (Phi) is 11.5. The van der Waals surface area contributed by atoms with Crippen LogP contribution in [0, 0.1) is 0 Å². The van der Waals surface area contributed by atoms with Gasteiger partial charge < -0.3 is 24.4 Å². The van der Waals surface area contributed by atoms with Gasteiger partial charge in [0.2, 0.25) is 11.8 Å². The lowest BCUT2D eigenvalue weighted by Crippen LogP contribution is -2.54. The second kappa shape index (κ2) is 14.7. The van der Waals surface area contributed by atoms with Crippen LogP contribution in [-0.4, -0.2) is 64.1 Å². The van der Waals surface area contributed by atoms with Gasteiger partial charge in [-0.05, 0) is 88.7 Å². The van der Waals surface area contributed by atoms with E-state index in [2.05, 4.69) is 5.32 Å². The van der Waals surface area contributed by atoms with E-state index in [0.29, 0.717) is 28.7 Å². The van der Waals surface area contributed by atoms with Crippen molar-refractivity contribution in [3.05, 3.63) is 77.3 Å². The van der Waals surface area contributed by atoms with Crippen LogP contribution in [0.2, 0.25) is 5.02 Å². The Labute approximate surface area is 264 Å². The normalized spacial score (nSPS) is 12.2. The number of rotatable bonds is 13. The van der Waals surface area contributed by atoms with Gasteiger partial charge in [0.15, 0.2) is 11.5 Å². The molecule has 0 saturated heterocycles. The Bertz CT molecular complexity index is 1540. The average molecular weight is 646 g/mol. The Morgan fingerprint density at radius 1 is 0.932 bits per heavy atom. The first-order chi connectivity index (χ1) is 20.7. The fourth-order valence-corrected chi connectivity index (χ4v) is 5.91. The van der Waals surface area contributed by atoms with Crippen molar-refractivity contribution in [3.63, 3.8) is 0 Å². The zero-order valence-electron chi connectivity index (χ0n) is 26.1. The summed E-state index contributed by atoms with van der Waals surface area (Å²) in [5.74, 6) is 0.138. The van der Waals surface area contributed by atoms with Gasteiger partial charge in [-0.15, -0.1) is 0 Å². The molecule has 0 aliphatic heterocycles. The maximum atomic E-state index is 14.2. The highest BCUT2D eigenvalue weighted by molar-refractivity contribution is 7.92. The van der Waals surface area contributed by atoms with Crippen LogP contribution in [0.25, 0.3) is 0 Å². The van der Waals surface area contributed by atoms with Gasteiger partial charge in [-0.3, -0.25) is 13.9 Å². The molecule has 0 spiro atoms. The summed E-state index contributed by atoms with van der Waals surface area (Å²) in [6, 6.07) is 16.5. The van der Waals surface area contributed by atoms with Gasteiger partial charge >= 0.3 is 0 Å². The largest absolute Gasteiger partial charge is 0.494 e. The molecule has 1 atom stereocenters. The van der Waals surface area contributed by atoms with Crippen LogP contribution in [-0.2, 0) is 26.2 Å². The predicted octanol–water partition coefficient (Wildman–Crippen LogP) is 5.28. The highest BCUT2D eigenvalue weighted by Gasteiger charge is 2.34. The monoisotopic (exact) mass is 645 g/mol. The molecule has 0 radical (unpaired) electrons. The number of carbonyl (C=O) groups is 2. The minimum absolute atomic E-state index is 0.0439. The van der Waals surface area contributed by atoms with Gasteiger partial charge in [0.1, 0.15) is 18.3 Å². The Balaban J connectivity index is 2.09. The zero-order valence-corrected chi connectivity index (χ0v) is 27.7. The molecule has 3 aromatic carbocycles. The molecular weight excluding hydrogens is 606 g/mol. The maximum absolute atomic E-state index is 14.2. The van der Waals surface area contributed by atoms with Crippen molar-refractivity contribution < 1.29 is 32.2 Å².